The normalized spacial score (nSPS) is 18.9. The third-order valence-corrected chi connectivity index (χ3v) is 7.71. The molecule has 2 heterocycles. The summed E-state index contributed by atoms with van der Waals surface area (Å²) in [6.07, 6.45) is 3.51. The third kappa shape index (κ3) is 6.91. The SMILES string of the molecule is C[C@H]1CCC[C@@](O)(CNC(=O)c2c(Cl)ccc3nc(Cl)ccc23)C1.O=C(O)c1c(Cl)ccc2nc(Cl)ccc12. The Morgan fingerprint density at radius 2 is 1.44 bits per heavy atom. The minimum atomic E-state index is -1.07. The van der Waals surface area contributed by atoms with E-state index in [1.165, 1.54) is 12.1 Å². The van der Waals surface area contributed by atoms with E-state index in [4.69, 9.17) is 51.5 Å². The van der Waals surface area contributed by atoms with Crippen LogP contribution in [0.4, 0.5) is 0 Å². The van der Waals surface area contributed by atoms with Crippen molar-refractivity contribution in [2.75, 3.05) is 6.54 Å². The summed E-state index contributed by atoms with van der Waals surface area (Å²) >= 11 is 23.6. The second-order valence-electron chi connectivity index (χ2n) is 9.66. The number of nitrogens with zero attached hydrogens (tertiary/aromatic N) is 2. The second-order valence-corrected chi connectivity index (χ2v) is 11.2. The van der Waals surface area contributed by atoms with Gasteiger partial charge in [0, 0.05) is 17.3 Å². The fourth-order valence-electron chi connectivity index (χ4n) is 4.88. The van der Waals surface area contributed by atoms with E-state index in [0.717, 1.165) is 12.8 Å². The van der Waals surface area contributed by atoms with Crippen LogP contribution in [-0.2, 0) is 0 Å². The van der Waals surface area contributed by atoms with Crippen LogP contribution in [0.1, 0.15) is 53.3 Å². The van der Waals surface area contributed by atoms with Gasteiger partial charge in [-0.15, -0.1) is 0 Å². The highest BCUT2D eigenvalue weighted by Crippen LogP contribution is 2.32. The van der Waals surface area contributed by atoms with Gasteiger partial charge in [0.2, 0.25) is 0 Å². The van der Waals surface area contributed by atoms with Gasteiger partial charge in [-0.05, 0) is 67.3 Å². The zero-order valence-electron chi connectivity index (χ0n) is 20.8. The fraction of sp³-hybridized carbons (Fsp3) is 0.286. The average molecular weight is 609 g/mol. The van der Waals surface area contributed by atoms with Gasteiger partial charge >= 0.3 is 5.97 Å². The molecule has 3 N–H and O–H groups in total. The summed E-state index contributed by atoms with van der Waals surface area (Å²) in [4.78, 5) is 31.9. The Morgan fingerprint density at radius 3 is 1.97 bits per heavy atom. The number of carbonyl (C=O) groups excluding carboxylic acids is 1. The minimum absolute atomic E-state index is 0.0540. The van der Waals surface area contributed by atoms with Gasteiger partial charge in [-0.2, -0.15) is 0 Å². The minimum Gasteiger partial charge on any atom is -0.478 e. The first-order chi connectivity index (χ1) is 18.5. The van der Waals surface area contributed by atoms with Crippen molar-refractivity contribution in [2.24, 2.45) is 5.92 Å². The standard InChI is InChI=1S/C18H20Cl2N2O2.C10H5Cl2NO2/c1-11-3-2-8-18(24,9-11)10-21-17(23)16-12-4-7-15(20)22-14(12)6-5-13(16)19;11-6-2-3-7-5(9(6)10(14)15)1-4-8(12)13-7/h4-7,11,24H,2-3,8-10H2,1H3,(H,21,23);1-4H,(H,14,15)/t11-,18-;/m0./s1. The number of hydrogen-bond donors (Lipinski definition) is 3. The quantitative estimate of drug-likeness (QED) is 0.207. The van der Waals surface area contributed by atoms with Gasteiger partial charge in [0.25, 0.3) is 5.91 Å². The van der Waals surface area contributed by atoms with Crippen LogP contribution in [0.5, 0.6) is 0 Å². The highest BCUT2D eigenvalue weighted by molar-refractivity contribution is 6.36. The number of aromatic nitrogens is 2. The average Bonchev–Trinajstić information content (AvgIpc) is 2.87. The largest absolute Gasteiger partial charge is 0.478 e. The molecule has 5 rings (SSSR count). The molecule has 1 aliphatic rings. The summed E-state index contributed by atoms with van der Waals surface area (Å²) in [6.45, 7) is 2.35. The van der Waals surface area contributed by atoms with E-state index >= 15 is 0 Å². The van der Waals surface area contributed by atoms with Crippen LogP contribution in [0.3, 0.4) is 0 Å². The number of fused-ring (bicyclic) bond motifs is 2. The number of amides is 1. The van der Waals surface area contributed by atoms with Gasteiger partial charge in [-0.25, -0.2) is 14.8 Å². The first-order valence-electron chi connectivity index (χ1n) is 12.2. The molecule has 0 bridgehead atoms. The topological polar surface area (TPSA) is 112 Å². The second kappa shape index (κ2) is 12.2. The number of carboxylic acid groups (broad SMARTS) is 1. The van der Waals surface area contributed by atoms with E-state index in [2.05, 4.69) is 22.2 Å². The monoisotopic (exact) mass is 607 g/mol. The van der Waals surface area contributed by atoms with Gasteiger partial charge in [0.1, 0.15) is 10.3 Å². The highest BCUT2D eigenvalue weighted by atomic mass is 35.5. The van der Waals surface area contributed by atoms with Crippen LogP contribution in [-0.4, -0.2) is 44.2 Å². The first kappa shape index (κ1) is 29.3. The zero-order chi connectivity index (χ0) is 28.3. The number of hydrogen-bond acceptors (Lipinski definition) is 5. The summed E-state index contributed by atoms with van der Waals surface area (Å²) in [7, 11) is 0. The van der Waals surface area contributed by atoms with Crippen molar-refractivity contribution >= 4 is 80.1 Å². The molecule has 2 aromatic carbocycles. The molecule has 11 heteroatoms. The molecule has 0 spiro atoms. The van der Waals surface area contributed by atoms with Crippen LogP contribution in [0.25, 0.3) is 21.8 Å². The van der Waals surface area contributed by atoms with E-state index < -0.39 is 11.6 Å². The number of carbonyl (C=O) groups is 2. The van der Waals surface area contributed by atoms with Crippen LogP contribution in [0.2, 0.25) is 20.4 Å². The predicted octanol–water partition coefficient (Wildman–Crippen LogP) is 7.45. The van der Waals surface area contributed by atoms with Gasteiger partial charge in [-0.3, -0.25) is 4.79 Å². The molecule has 7 nitrogen and oxygen atoms in total. The Labute approximate surface area is 245 Å². The molecule has 0 radical (unpaired) electrons. The van der Waals surface area contributed by atoms with Crippen LogP contribution < -0.4 is 5.32 Å². The first-order valence-corrected chi connectivity index (χ1v) is 13.7. The summed E-state index contributed by atoms with van der Waals surface area (Å²) in [6, 6.07) is 13.0. The van der Waals surface area contributed by atoms with E-state index in [9.17, 15) is 14.7 Å². The number of aliphatic hydroxyl groups is 1. The maximum Gasteiger partial charge on any atom is 0.337 e. The molecule has 1 fully saturated rings. The van der Waals surface area contributed by atoms with Crippen molar-refractivity contribution < 1.29 is 19.8 Å². The summed E-state index contributed by atoms with van der Waals surface area (Å²) in [5.74, 6) is -0.913. The summed E-state index contributed by atoms with van der Waals surface area (Å²) < 4.78 is 0. The predicted molar refractivity (Wildman–Crippen MR) is 155 cm³/mol. The number of carboxylic acids is 1. The Hall–Kier alpha value is -2.68. The van der Waals surface area contributed by atoms with Crippen molar-refractivity contribution in [2.45, 2.75) is 38.2 Å². The zero-order valence-corrected chi connectivity index (χ0v) is 23.9. The van der Waals surface area contributed by atoms with Crippen LogP contribution in [0, 0.1) is 5.92 Å². The lowest BCUT2D eigenvalue weighted by Gasteiger charge is -2.35. The van der Waals surface area contributed by atoms with E-state index in [-0.39, 0.29) is 23.0 Å². The van der Waals surface area contributed by atoms with Gasteiger partial charge in [0.05, 0.1) is 37.8 Å². The Balaban J connectivity index is 0.000000202. The molecule has 2 aromatic heterocycles. The number of rotatable bonds is 4. The van der Waals surface area contributed by atoms with Gasteiger partial charge < -0.3 is 15.5 Å². The van der Waals surface area contributed by atoms with Crippen molar-refractivity contribution in [3.63, 3.8) is 0 Å². The Morgan fingerprint density at radius 1 is 0.897 bits per heavy atom. The molecule has 2 atom stereocenters. The maximum absolute atomic E-state index is 12.7. The lowest BCUT2D eigenvalue weighted by Crippen LogP contribution is -2.45. The Kier molecular flexibility index (Phi) is 9.19. The third-order valence-electron chi connectivity index (χ3n) is 6.66. The lowest BCUT2D eigenvalue weighted by atomic mass is 9.79. The number of pyridine rings is 2. The van der Waals surface area contributed by atoms with Crippen molar-refractivity contribution in [1.29, 1.82) is 0 Å². The number of aromatic carboxylic acids is 1. The van der Waals surface area contributed by atoms with Crippen LogP contribution in [0.15, 0.2) is 48.5 Å². The molecule has 0 aliphatic heterocycles. The number of nitrogens with one attached hydrogen (secondary N) is 1. The summed E-state index contributed by atoms with van der Waals surface area (Å²) in [5.41, 5.74) is 0.710. The number of benzene rings is 2. The fourth-order valence-corrected chi connectivity index (χ4v) is 5.68. The molecule has 204 valence electrons. The van der Waals surface area contributed by atoms with E-state index in [1.807, 2.05) is 0 Å². The van der Waals surface area contributed by atoms with Gasteiger partial charge in [0.15, 0.2) is 0 Å². The number of halogens is 4. The Bertz CT molecular complexity index is 1570. The van der Waals surface area contributed by atoms with Crippen molar-refractivity contribution in [1.82, 2.24) is 15.3 Å². The van der Waals surface area contributed by atoms with Gasteiger partial charge in [-0.1, -0.05) is 66.2 Å². The van der Waals surface area contributed by atoms with Crippen LogP contribution >= 0.6 is 46.4 Å². The molecule has 4 aromatic rings. The molecular weight excluding hydrogens is 584 g/mol. The molecule has 1 saturated carbocycles. The molecular formula is C28H25Cl4N3O4. The molecule has 39 heavy (non-hydrogen) atoms. The smallest absolute Gasteiger partial charge is 0.337 e. The van der Waals surface area contributed by atoms with Crippen molar-refractivity contribution in [3.8, 4) is 0 Å². The van der Waals surface area contributed by atoms with Crippen molar-refractivity contribution in [3.05, 3.63) is 80.0 Å². The van der Waals surface area contributed by atoms with E-state index in [0.29, 0.717) is 61.5 Å². The molecule has 1 aliphatic carbocycles. The lowest BCUT2D eigenvalue weighted by molar-refractivity contribution is -0.0109. The molecule has 0 unspecified atom stereocenters. The molecule has 1 amide bonds. The highest BCUT2D eigenvalue weighted by Gasteiger charge is 2.33. The summed E-state index contributed by atoms with van der Waals surface area (Å²) in [5, 5.41) is 24.9. The van der Waals surface area contributed by atoms with E-state index in [1.54, 1.807) is 36.4 Å². The molecule has 0 saturated heterocycles. The maximum atomic E-state index is 12.7.